The van der Waals surface area contributed by atoms with Gasteiger partial charge in [0.2, 0.25) is 0 Å². The van der Waals surface area contributed by atoms with Crippen molar-refractivity contribution >= 4 is 40.4 Å². The van der Waals surface area contributed by atoms with Crippen LogP contribution in [-0.2, 0) is 0 Å². The first-order chi connectivity index (χ1) is 14.9. The van der Waals surface area contributed by atoms with Gasteiger partial charge in [-0.05, 0) is 54.6 Å². The number of aromatic hydroxyl groups is 1. The minimum Gasteiger partial charge on any atom is -0.494 e. The van der Waals surface area contributed by atoms with Crippen molar-refractivity contribution in [3.8, 4) is 5.88 Å². The van der Waals surface area contributed by atoms with E-state index in [1.54, 1.807) is 54.6 Å². The van der Waals surface area contributed by atoms with Crippen molar-refractivity contribution in [2.75, 3.05) is 5.01 Å². The second kappa shape index (κ2) is 8.13. The molecule has 0 spiro atoms. The number of H-pyrrole nitrogens is 1. The quantitative estimate of drug-likeness (QED) is 0.170. The number of hydrazine groups is 1. The first-order valence-corrected chi connectivity index (χ1v) is 9.30. The van der Waals surface area contributed by atoms with Crippen LogP contribution in [-0.4, -0.2) is 33.3 Å². The summed E-state index contributed by atoms with van der Waals surface area (Å²) in [6.07, 6.45) is 1.44. The fraction of sp³-hybridized carbons (Fsp3) is 0. The molecule has 8 heteroatoms. The van der Waals surface area contributed by atoms with Crippen LogP contribution in [0, 0.1) is 0 Å². The molecule has 5 N–H and O–H groups in total. The standard InChI is InChI=1S/C23H18N4O4/c24-27(17-4-2-1-3-5-17)22(29)14-6-9-16(10-7-14)25-13-19-18-12-15(23(30)31)8-11-20(18)26-21(19)28/h1-13,26,28H,24H2,(H,30,31). The summed E-state index contributed by atoms with van der Waals surface area (Å²) in [5, 5.41) is 21.0. The van der Waals surface area contributed by atoms with Gasteiger partial charge in [-0.2, -0.15) is 0 Å². The summed E-state index contributed by atoms with van der Waals surface area (Å²) < 4.78 is 0. The van der Waals surface area contributed by atoms with E-state index in [1.165, 1.54) is 18.3 Å². The zero-order chi connectivity index (χ0) is 22.0. The van der Waals surface area contributed by atoms with Crippen LogP contribution >= 0.6 is 0 Å². The number of fused-ring (bicyclic) bond motifs is 1. The molecule has 4 aromatic rings. The van der Waals surface area contributed by atoms with Crippen molar-refractivity contribution in [1.29, 1.82) is 0 Å². The summed E-state index contributed by atoms with van der Waals surface area (Å²) >= 11 is 0. The maximum Gasteiger partial charge on any atom is 0.335 e. The molecule has 8 nitrogen and oxygen atoms in total. The summed E-state index contributed by atoms with van der Waals surface area (Å²) in [6, 6.07) is 19.9. The van der Waals surface area contributed by atoms with Gasteiger partial charge in [-0.3, -0.25) is 9.79 Å². The monoisotopic (exact) mass is 414 g/mol. The molecule has 31 heavy (non-hydrogen) atoms. The molecule has 4 rings (SSSR count). The number of rotatable bonds is 5. The fourth-order valence-electron chi connectivity index (χ4n) is 3.14. The number of aromatic amines is 1. The number of aromatic nitrogens is 1. The number of hydrogen-bond acceptors (Lipinski definition) is 5. The maximum atomic E-state index is 12.6. The number of carbonyl (C=O) groups is 2. The Morgan fingerprint density at radius 2 is 1.65 bits per heavy atom. The lowest BCUT2D eigenvalue weighted by Gasteiger charge is -2.16. The van der Waals surface area contributed by atoms with Crippen molar-refractivity contribution in [3.05, 3.63) is 89.5 Å². The lowest BCUT2D eigenvalue weighted by atomic mass is 10.1. The van der Waals surface area contributed by atoms with Crippen molar-refractivity contribution in [2.24, 2.45) is 10.8 Å². The van der Waals surface area contributed by atoms with E-state index in [9.17, 15) is 19.8 Å². The topological polar surface area (TPSA) is 132 Å². The van der Waals surface area contributed by atoms with Gasteiger partial charge in [-0.25, -0.2) is 15.6 Å². The molecule has 0 saturated carbocycles. The van der Waals surface area contributed by atoms with Crippen LogP contribution in [0.15, 0.2) is 77.8 Å². The number of nitrogens with zero attached hydrogens (tertiary/aromatic N) is 2. The molecule has 0 saturated heterocycles. The molecule has 0 aliphatic rings. The van der Waals surface area contributed by atoms with E-state index in [0.717, 1.165) is 5.01 Å². The highest BCUT2D eigenvalue weighted by Gasteiger charge is 2.14. The Morgan fingerprint density at radius 3 is 2.32 bits per heavy atom. The summed E-state index contributed by atoms with van der Waals surface area (Å²) in [6.45, 7) is 0. The smallest absolute Gasteiger partial charge is 0.335 e. The average Bonchev–Trinajstić information content (AvgIpc) is 3.11. The first kappa shape index (κ1) is 19.9. The van der Waals surface area contributed by atoms with Crippen molar-refractivity contribution in [3.63, 3.8) is 0 Å². The SMILES string of the molecule is NN(C(=O)c1ccc(N=Cc2c(O)[nH]c3ccc(C(=O)O)cc23)cc1)c1ccccc1. The first-order valence-electron chi connectivity index (χ1n) is 9.30. The van der Waals surface area contributed by atoms with Gasteiger partial charge in [0.05, 0.1) is 22.5 Å². The predicted octanol–water partition coefficient (Wildman–Crippen LogP) is 3.84. The Bertz CT molecular complexity index is 1290. The van der Waals surface area contributed by atoms with Gasteiger partial charge in [0.25, 0.3) is 5.91 Å². The number of carboxylic acid groups (broad SMARTS) is 1. The zero-order valence-electron chi connectivity index (χ0n) is 16.2. The number of nitrogens with one attached hydrogen (secondary N) is 1. The number of nitrogens with two attached hydrogens (primary N) is 1. The predicted molar refractivity (Wildman–Crippen MR) is 118 cm³/mol. The number of aromatic carboxylic acids is 1. The van der Waals surface area contributed by atoms with Gasteiger partial charge in [0, 0.05) is 22.7 Å². The van der Waals surface area contributed by atoms with Crippen LogP contribution in [0.25, 0.3) is 10.9 Å². The number of para-hydroxylation sites is 1. The molecule has 0 atom stereocenters. The molecular formula is C23H18N4O4. The van der Waals surface area contributed by atoms with Gasteiger partial charge < -0.3 is 15.2 Å². The minimum atomic E-state index is -1.06. The average molecular weight is 414 g/mol. The van der Waals surface area contributed by atoms with Crippen LogP contribution in [0.1, 0.15) is 26.3 Å². The molecule has 0 aliphatic carbocycles. The lowest BCUT2D eigenvalue weighted by molar-refractivity contribution is 0.0696. The second-order valence-electron chi connectivity index (χ2n) is 6.77. The van der Waals surface area contributed by atoms with Crippen LogP contribution in [0.4, 0.5) is 11.4 Å². The van der Waals surface area contributed by atoms with Gasteiger partial charge in [0.15, 0.2) is 5.88 Å². The van der Waals surface area contributed by atoms with E-state index >= 15 is 0 Å². The molecule has 0 bridgehead atoms. The number of carboxylic acids is 1. The van der Waals surface area contributed by atoms with Crippen molar-refractivity contribution < 1.29 is 19.8 Å². The highest BCUT2D eigenvalue weighted by molar-refractivity contribution is 6.06. The second-order valence-corrected chi connectivity index (χ2v) is 6.77. The molecular weight excluding hydrogens is 396 g/mol. The van der Waals surface area contributed by atoms with Crippen LogP contribution in [0.5, 0.6) is 5.88 Å². The molecule has 1 heterocycles. The Kier molecular flexibility index (Phi) is 5.21. The molecule has 1 amide bonds. The third-order valence-corrected chi connectivity index (χ3v) is 4.78. The molecule has 0 unspecified atom stereocenters. The van der Waals surface area contributed by atoms with E-state index < -0.39 is 5.97 Å². The van der Waals surface area contributed by atoms with E-state index in [-0.39, 0.29) is 17.4 Å². The van der Waals surface area contributed by atoms with E-state index in [0.29, 0.717) is 33.4 Å². The summed E-state index contributed by atoms with van der Waals surface area (Å²) in [7, 11) is 0. The fourth-order valence-corrected chi connectivity index (χ4v) is 3.14. The van der Waals surface area contributed by atoms with Gasteiger partial charge in [0.1, 0.15) is 0 Å². The van der Waals surface area contributed by atoms with Crippen LogP contribution in [0.2, 0.25) is 0 Å². The molecule has 154 valence electrons. The van der Waals surface area contributed by atoms with Gasteiger partial charge in [-0.15, -0.1) is 0 Å². The Hall–Kier alpha value is -4.43. The number of benzene rings is 3. The van der Waals surface area contributed by atoms with Crippen molar-refractivity contribution in [1.82, 2.24) is 4.98 Å². The molecule has 0 fully saturated rings. The van der Waals surface area contributed by atoms with Gasteiger partial charge >= 0.3 is 5.97 Å². The lowest BCUT2D eigenvalue weighted by Crippen LogP contribution is -2.37. The highest BCUT2D eigenvalue weighted by Crippen LogP contribution is 2.27. The molecule has 1 aromatic heterocycles. The summed E-state index contributed by atoms with van der Waals surface area (Å²) in [5.74, 6) is 4.38. The van der Waals surface area contributed by atoms with E-state index in [2.05, 4.69) is 9.98 Å². The Balaban J connectivity index is 1.57. The Labute approximate surface area is 176 Å². The van der Waals surface area contributed by atoms with Crippen molar-refractivity contribution in [2.45, 2.75) is 0 Å². The summed E-state index contributed by atoms with van der Waals surface area (Å²) in [5.41, 5.74) is 2.58. The summed E-state index contributed by atoms with van der Waals surface area (Å²) in [4.78, 5) is 30.9. The number of aliphatic imine (C=N–C) groups is 1. The Morgan fingerprint density at radius 1 is 0.968 bits per heavy atom. The third-order valence-electron chi connectivity index (χ3n) is 4.78. The minimum absolute atomic E-state index is 0.105. The molecule has 3 aromatic carbocycles. The highest BCUT2D eigenvalue weighted by atomic mass is 16.4. The van der Waals surface area contributed by atoms with Crippen LogP contribution in [0.3, 0.4) is 0 Å². The number of anilines is 1. The number of amides is 1. The van der Waals surface area contributed by atoms with Crippen LogP contribution < -0.4 is 10.9 Å². The van der Waals surface area contributed by atoms with E-state index in [4.69, 9.17) is 5.84 Å². The molecule has 0 aliphatic heterocycles. The largest absolute Gasteiger partial charge is 0.494 e. The third kappa shape index (κ3) is 4.00. The molecule has 0 radical (unpaired) electrons. The van der Waals surface area contributed by atoms with Gasteiger partial charge in [-0.1, -0.05) is 18.2 Å². The van der Waals surface area contributed by atoms with E-state index in [1.807, 2.05) is 6.07 Å². The number of hydrogen-bond donors (Lipinski definition) is 4. The zero-order valence-corrected chi connectivity index (χ0v) is 16.2. The normalized spacial score (nSPS) is 11.1. The maximum absolute atomic E-state index is 12.6. The number of carbonyl (C=O) groups excluding carboxylic acids is 1.